The number of rotatable bonds is 6. The Bertz CT molecular complexity index is 266. The van der Waals surface area contributed by atoms with Gasteiger partial charge in [-0.15, -0.1) is 0 Å². The Kier molecular flexibility index (Phi) is 6.35. The summed E-state index contributed by atoms with van der Waals surface area (Å²) in [6.45, 7) is 14.3. The van der Waals surface area contributed by atoms with Crippen LogP contribution in [-0.2, 0) is 4.79 Å². The first-order valence-corrected chi connectivity index (χ1v) is 6.91. The van der Waals surface area contributed by atoms with Crippen molar-refractivity contribution in [1.29, 1.82) is 0 Å². The highest BCUT2D eigenvalue weighted by Gasteiger charge is 2.23. The smallest absolute Gasteiger partial charge is 0.222 e. The molecule has 0 bridgehead atoms. The molecular formula is C15H32N2O. The molecule has 2 N–H and O–H groups in total. The third kappa shape index (κ3) is 7.70. The van der Waals surface area contributed by atoms with Gasteiger partial charge in [-0.2, -0.15) is 0 Å². The fourth-order valence-corrected chi connectivity index (χ4v) is 2.37. The van der Waals surface area contributed by atoms with Crippen LogP contribution in [0.25, 0.3) is 0 Å². The summed E-state index contributed by atoms with van der Waals surface area (Å²) in [7, 11) is 1.88. The van der Waals surface area contributed by atoms with Gasteiger partial charge in [-0.05, 0) is 29.7 Å². The second-order valence-corrected chi connectivity index (χ2v) is 7.69. The molecule has 1 amide bonds. The normalized spacial score (nSPS) is 14.4. The molecular weight excluding hydrogens is 224 g/mol. The Morgan fingerprint density at radius 2 is 1.72 bits per heavy atom. The fraction of sp³-hybridized carbons (Fsp3) is 0.933. The minimum absolute atomic E-state index is 0.00231. The Labute approximate surface area is 113 Å². The molecule has 3 heteroatoms. The number of hydrogen-bond donors (Lipinski definition) is 1. The third-order valence-electron chi connectivity index (χ3n) is 3.13. The molecule has 1 unspecified atom stereocenters. The second kappa shape index (κ2) is 6.55. The first kappa shape index (κ1) is 17.4. The predicted octanol–water partition coefficient (Wildman–Crippen LogP) is 2.89. The van der Waals surface area contributed by atoms with Crippen LogP contribution in [0.15, 0.2) is 0 Å². The molecule has 0 aromatic rings. The van der Waals surface area contributed by atoms with E-state index in [2.05, 4.69) is 41.5 Å². The van der Waals surface area contributed by atoms with E-state index >= 15 is 0 Å². The molecule has 0 fully saturated rings. The maximum Gasteiger partial charge on any atom is 0.222 e. The zero-order chi connectivity index (χ0) is 14.6. The van der Waals surface area contributed by atoms with Crippen molar-refractivity contribution in [2.75, 3.05) is 20.1 Å². The summed E-state index contributed by atoms with van der Waals surface area (Å²) < 4.78 is 0. The molecule has 0 heterocycles. The Morgan fingerprint density at radius 3 is 2.11 bits per heavy atom. The van der Waals surface area contributed by atoms with Crippen LogP contribution in [0.2, 0.25) is 0 Å². The number of carbonyl (C=O) groups excluding carboxylic acids is 1. The van der Waals surface area contributed by atoms with E-state index in [1.54, 1.807) is 0 Å². The van der Waals surface area contributed by atoms with Crippen LogP contribution >= 0.6 is 0 Å². The summed E-state index contributed by atoms with van der Waals surface area (Å²) in [5.74, 6) is 0.661. The second-order valence-electron chi connectivity index (χ2n) is 7.69. The van der Waals surface area contributed by atoms with Crippen molar-refractivity contribution in [1.82, 2.24) is 4.90 Å². The van der Waals surface area contributed by atoms with Crippen molar-refractivity contribution >= 4 is 5.91 Å². The van der Waals surface area contributed by atoms with Gasteiger partial charge in [0.1, 0.15) is 0 Å². The predicted molar refractivity (Wildman–Crippen MR) is 78.3 cm³/mol. The molecule has 1 atom stereocenters. The van der Waals surface area contributed by atoms with Gasteiger partial charge in [0.05, 0.1) is 0 Å². The summed E-state index contributed by atoms with van der Waals surface area (Å²) in [5, 5.41) is 0. The lowest BCUT2D eigenvalue weighted by atomic mass is 9.84. The molecule has 3 nitrogen and oxygen atoms in total. The fourth-order valence-electron chi connectivity index (χ4n) is 2.37. The van der Waals surface area contributed by atoms with E-state index < -0.39 is 0 Å². The Hall–Kier alpha value is -0.570. The number of amides is 1. The van der Waals surface area contributed by atoms with Crippen LogP contribution in [0, 0.1) is 16.7 Å². The Morgan fingerprint density at radius 1 is 1.22 bits per heavy atom. The van der Waals surface area contributed by atoms with E-state index in [1.165, 1.54) is 0 Å². The first-order chi connectivity index (χ1) is 7.97. The standard InChI is InChI=1S/C15H32N2O/c1-12(9-14(2,3)4)8-13(18)17(7)11-15(5,6)10-16/h12H,8-11,16H2,1-7H3. The monoisotopic (exact) mass is 256 g/mol. The maximum absolute atomic E-state index is 12.1. The van der Waals surface area contributed by atoms with E-state index in [-0.39, 0.29) is 16.7 Å². The van der Waals surface area contributed by atoms with Gasteiger partial charge in [0.25, 0.3) is 0 Å². The molecule has 0 aliphatic carbocycles. The summed E-state index contributed by atoms with van der Waals surface area (Å²) in [6, 6.07) is 0. The topological polar surface area (TPSA) is 46.3 Å². The molecule has 0 saturated carbocycles. The lowest BCUT2D eigenvalue weighted by Crippen LogP contribution is -2.40. The molecule has 0 aliphatic rings. The van der Waals surface area contributed by atoms with Crippen LogP contribution in [0.3, 0.4) is 0 Å². The summed E-state index contributed by atoms with van der Waals surface area (Å²) in [4.78, 5) is 13.9. The van der Waals surface area contributed by atoms with E-state index in [0.717, 1.165) is 13.0 Å². The lowest BCUT2D eigenvalue weighted by molar-refractivity contribution is -0.132. The SMILES string of the molecule is CC(CC(=O)N(C)CC(C)(C)CN)CC(C)(C)C. The summed E-state index contributed by atoms with van der Waals surface area (Å²) in [6.07, 6.45) is 1.71. The van der Waals surface area contributed by atoms with E-state index in [0.29, 0.717) is 18.9 Å². The molecule has 0 spiro atoms. The first-order valence-electron chi connectivity index (χ1n) is 6.91. The minimum atomic E-state index is -0.00231. The van der Waals surface area contributed by atoms with Crippen molar-refractivity contribution in [2.45, 2.75) is 54.4 Å². The molecule has 0 radical (unpaired) electrons. The minimum Gasteiger partial charge on any atom is -0.345 e. The van der Waals surface area contributed by atoms with Gasteiger partial charge in [-0.3, -0.25) is 4.79 Å². The van der Waals surface area contributed by atoms with Crippen molar-refractivity contribution in [2.24, 2.45) is 22.5 Å². The zero-order valence-corrected chi connectivity index (χ0v) is 13.3. The van der Waals surface area contributed by atoms with Crippen LogP contribution in [0.4, 0.5) is 0 Å². The molecule has 0 saturated heterocycles. The van der Waals surface area contributed by atoms with Gasteiger partial charge in [0, 0.05) is 20.0 Å². The summed E-state index contributed by atoms with van der Waals surface area (Å²) >= 11 is 0. The highest BCUT2D eigenvalue weighted by Crippen LogP contribution is 2.26. The quantitative estimate of drug-likeness (QED) is 0.794. The van der Waals surface area contributed by atoms with Crippen molar-refractivity contribution in [3.05, 3.63) is 0 Å². The van der Waals surface area contributed by atoms with Gasteiger partial charge in [-0.1, -0.05) is 41.5 Å². The van der Waals surface area contributed by atoms with Crippen molar-refractivity contribution in [3.8, 4) is 0 Å². The highest BCUT2D eigenvalue weighted by atomic mass is 16.2. The van der Waals surface area contributed by atoms with Gasteiger partial charge in [0.2, 0.25) is 5.91 Å². The summed E-state index contributed by atoms with van der Waals surface area (Å²) in [5.41, 5.74) is 5.99. The number of carbonyl (C=O) groups is 1. The number of nitrogens with two attached hydrogens (primary N) is 1. The molecule has 108 valence electrons. The van der Waals surface area contributed by atoms with Gasteiger partial charge in [-0.25, -0.2) is 0 Å². The van der Waals surface area contributed by atoms with E-state index in [1.807, 2.05) is 11.9 Å². The molecule has 0 aromatic carbocycles. The molecule has 0 aromatic heterocycles. The Balaban J connectivity index is 4.24. The van der Waals surface area contributed by atoms with E-state index in [4.69, 9.17) is 5.73 Å². The zero-order valence-electron chi connectivity index (χ0n) is 13.3. The maximum atomic E-state index is 12.1. The van der Waals surface area contributed by atoms with Crippen LogP contribution in [-0.4, -0.2) is 30.9 Å². The van der Waals surface area contributed by atoms with Gasteiger partial charge >= 0.3 is 0 Å². The molecule has 18 heavy (non-hydrogen) atoms. The lowest BCUT2D eigenvalue weighted by Gasteiger charge is -2.30. The van der Waals surface area contributed by atoms with Crippen LogP contribution in [0.5, 0.6) is 0 Å². The molecule has 0 rings (SSSR count). The largest absolute Gasteiger partial charge is 0.345 e. The third-order valence-corrected chi connectivity index (χ3v) is 3.13. The average Bonchev–Trinajstić information content (AvgIpc) is 2.13. The molecule has 0 aliphatic heterocycles. The number of hydrogen-bond acceptors (Lipinski definition) is 2. The van der Waals surface area contributed by atoms with Crippen LogP contribution in [0.1, 0.15) is 54.4 Å². The number of nitrogens with zero attached hydrogens (tertiary/aromatic N) is 1. The van der Waals surface area contributed by atoms with E-state index in [9.17, 15) is 4.79 Å². The van der Waals surface area contributed by atoms with Gasteiger partial charge in [0.15, 0.2) is 0 Å². The van der Waals surface area contributed by atoms with Crippen molar-refractivity contribution in [3.63, 3.8) is 0 Å². The van der Waals surface area contributed by atoms with Gasteiger partial charge < -0.3 is 10.6 Å². The van der Waals surface area contributed by atoms with Crippen molar-refractivity contribution < 1.29 is 4.79 Å². The average molecular weight is 256 g/mol. The van der Waals surface area contributed by atoms with Crippen LogP contribution < -0.4 is 5.73 Å². The highest BCUT2D eigenvalue weighted by molar-refractivity contribution is 5.76.